The first kappa shape index (κ1) is 13.3. The van der Waals surface area contributed by atoms with Crippen molar-refractivity contribution >= 4 is 16.8 Å². The third kappa shape index (κ3) is 2.92. The fourth-order valence-corrected chi connectivity index (χ4v) is 2.33. The first-order valence-electron chi connectivity index (χ1n) is 6.92. The van der Waals surface area contributed by atoms with E-state index in [0.29, 0.717) is 12.2 Å². The Morgan fingerprint density at radius 1 is 1.05 bits per heavy atom. The number of nitrogens with zero attached hydrogens (tertiary/aromatic N) is 1. The molecule has 0 aliphatic rings. The number of pyridine rings is 1. The second-order valence-corrected chi connectivity index (χ2v) is 5.01. The molecule has 104 valence electrons. The maximum absolute atomic E-state index is 12.2. The molecular formula is C18H16N2O. The molecule has 0 unspecified atom stereocenters. The third-order valence-electron chi connectivity index (χ3n) is 3.45. The predicted octanol–water partition coefficient (Wildman–Crippen LogP) is 3.47. The van der Waals surface area contributed by atoms with E-state index >= 15 is 0 Å². The van der Waals surface area contributed by atoms with E-state index in [1.54, 1.807) is 0 Å². The smallest absolute Gasteiger partial charge is 0.270 e. The van der Waals surface area contributed by atoms with Gasteiger partial charge in [-0.3, -0.25) is 4.79 Å². The summed E-state index contributed by atoms with van der Waals surface area (Å²) in [6, 6.07) is 19.5. The number of nitrogens with one attached hydrogen (secondary N) is 1. The normalized spacial score (nSPS) is 10.5. The molecule has 1 N–H and O–H groups in total. The van der Waals surface area contributed by atoms with Gasteiger partial charge in [-0.1, -0.05) is 48.5 Å². The molecule has 3 heteroatoms. The molecule has 1 aromatic heterocycles. The minimum Gasteiger partial charge on any atom is -0.347 e. The Hall–Kier alpha value is -2.68. The van der Waals surface area contributed by atoms with Gasteiger partial charge in [-0.15, -0.1) is 0 Å². The van der Waals surface area contributed by atoms with E-state index in [9.17, 15) is 4.79 Å². The zero-order chi connectivity index (χ0) is 14.7. The number of carbonyl (C=O) groups is 1. The Morgan fingerprint density at radius 2 is 1.76 bits per heavy atom. The summed E-state index contributed by atoms with van der Waals surface area (Å²) in [5.74, 6) is -0.146. The van der Waals surface area contributed by atoms with E-state index < -0.39 is 0 Å². The number of benzene rings is 2. The van der Waals surface area contributed by atoms with Crippen LogP contribution in [-0.4, -0.2) is 10.9 Å². The summed E-state index contributed by atoms with van der Waals surface area (Å²) in [5, 5.41) is 3.99. The maximum atomic E-state index is 12.2. The van der Waals surface area contributed by atoms with Crippen LogP contribution in [0.1, 0.15) is 21.6 Å². The zero-order valence-corrected chi connectivity index (χ0v) is 11.8. The van der Waals surface area contributed by atoms with Gasteiger partial charge in [0.05, 0.1) is 5.52 Å². The number of aryl methyl sites for hydroxylation is 1. The van der Waals surface area contributed by atoms with Gasteiger partial charge in [0.25, 0.3) is 5.91 Å². The second-order valence-electron chi connectivity index (χ2n) is 5.01. The summed E-state index contributed by atoms with van der Waals surface area (Å²) in [5.41, 5.74) is 3.44. The van der Waals surface area contributed by atoms with Crippen molar-refractivity contribution in [2.45, 2.75) is 13.5 Å². The lowest BCUT2D eigenvalue weighted by atomic mass is 10.1. The molecule has 0 bridgehead atoms. The van der Waals surface area contributed by atoms with Crippen molar-refractivity contribution in [1.29, 1.82) is 0 Å². The van der Waals surface area contributed by atoms with E-state index in [-0.39, 0.29) is 5.91 Å². The average molecular weight is 276 g/mol. The second kappa shape index (κ2) is 5.75. The lowest BCUT2D eigenvalue weighted by molar-refractivity contribution is 0.0946. The lowest BCUT2D eigenvalue weighted by Gasteiger charge is -2.07. The monoisotopic (exact) mass is 276 g/mol. The van der Waals surface area contributed by atoms with Crippen LogP contribution in [-0.2, 0) is 6.54 Å². The standard InChI is InChI=1S/C18H16N2O/c1-13-11-17(20-16-10-6-5-9-15(13)16)18(21)19-12-14-7-3-2-4-8-14/h2-11H,12H2,1H3,(H,19,21). The van der Waals surface area contributed by atoms with E-state index in [0.717, 1.165) is 22.0 Å². The molecule has 0 radical (unpaired) electrons. The van der Waals surface area contributed by atoms with Crippen molar-refractivity contribution in [1.82, 2.24) is 10.3 Å². The van der Waals surface area contributed by atoms with Gasteiger partial charge < -0.3 is 5.32 Å². The molecule has 0 saturated carbocycles. The van der Waals surface area contributed by atoms with Crippen molar-refractivity contribution < 1.29 is 4.79 Å². The van der Waals surface area contributed by atoms with Crippen molar-refractivity contribution in [3.8, 4) is 0 Å². The molecule has 1 amide bonds. The van der Waals surface area contributed by atoms with Crippen LogP contribution in [0.25, 0.3) is 10.9 Å². The van der Waals surface area contributed by atoms with Gasteiger partial charge in [0, 0.05) is 11.9 Å². The van der Waals surface area contributed by atoms with Crippen LogP contribution in [0.2, 0.25) is 0 Å². The highest BCUT2D eigenvalue weighted by molar-refractivity contribution is 5.95. The van der Waals surface area contributed by atoms with Crippen molar-refractivity contribution in [3.05, 3.63) is 77.5 Å². The Balaban J connectivity index is 1.81. The molecule has 0 fully saturated rings. The molecule has 3 rings (SSSR count). The average Bonchev–Trinajstić information content (AvgIpc) is 2.53. The van der Waals surface area contributed by atoms with Crippen LogP contribution < -0.4 is 5.32 Å². The van der Waals surface area contributed by atoms with E-state index in [1.165, 1.54) is 0 Å². The largest absolute Gasteiger partial charge is 0.347 e. The van der Waals surface area contributed by atoms with Gasteiger partial charge in [-0.05, 0) is 30.2 Å². The van der Waals surface area contributed by atoms with Gasteiger partial charge in [-0.2, -0.15) is 0 Å². The molecule has 0 saturated heterocycles. The zero-order valence-electron chi connectivity index (χ0n) is 11.8. The Morgan fingerprint density at radius 3 is 2.57 bits per heavy atom. The minimum absolute atomic E-state index is 0.146. The number of aromatic nitrogens is 1. The molecule has 2 aromatic carbocycles. The van der Waals surface area contributed by atoms with Crippen LogP contribution in [0, 0.1) is 6.92 Å². The summed E-state index contributed by atoms with van der Waals surface area (Å²) < 4.78 is 0. The predicted molar refractivity (Wildman–Crippen MR) is 84.1 cm³/mol. The van der Waals surface area contributed by atoms with E-state index in [2.05, 4.69) is 10.3 Å². The molecule has 0 spiro atoms. The number of amides is 1. The number of hydrogen-bond acceptors (Lipinski definition) is 2. The van der Waals surface area contributed by atoms with Gasteiger partial charge in [-0.25, -0.2) is 4.98 Å². The van der Waals surface area contributed by atoms with Crippen LogP contribution in [0.15, 0.2) is 60.7 Å². The lowest BCUT2D eigenvalue weighted by Crippen LogP contribution is -2.23. The summed E-state index contributed by atoms with van der Waals surface area (Å²) >= 11 is 0. The number of carbonyl (C=O) groups excluding carboxylic acids is 1. The van der Waals surface area contributed by atoms with Crippen LogP contribution in [0.4, 0.5) is 0 Å². The van der Waals surface area contributed by atoms with Crippen molar-refractivity contribution in [2.24, 2.45) is 0 Å². The Kier molecular flexibility index (Phi) is 3.65. The third-order valence-corrected chi connectivity index (χ3v) is 3.45. The van der Waals surface area contributed by atoms with Gasteiger partial charge in [0.2, 0.25) is 0 Å². The van der Waals surface area contributed by atoms with Crippen molar-refractivity contribution in [3.63, 3.8) is 0 Å². The highest BCUT2D eigenvalue weighted by Crippen LogP contribution is 2.17. The van der Waals surface area contributed by atoms with Crippen LogP contribution in [0.3, 0.4) is 0 Å². The number of hydrogen-bond donors (Lipinski definition) is 1. The van der Waals surface area contributed by atoms with E-state index in [4.69, 9.17) is 0 Å². The summed E-state index contributed by atoms with van der Waals surface area (Å²) in [6.07, 6.45) is 0. The number of para-hydroxylation sites is 1. The van der Waals surface area contributed by atoms with Crippen molar-refractivity contribution in [2.75, 3.05) is 0 Å². The molecule has 0 aliphatic carbocycles. The van der Waals surface area contributed by atoms with Gasteiger partial charge in [0.1, 0.15) is 5.69 Å². The first-order chi connectivity index (χ1) is 10.2. The Labute approximate surface area is 123 Å². The fraction of sp³-hybridized carbons (Fsp3) is 0.111. The molecule has 21 heavy (non-hydrogen) atoms. The fourth-order valence-electron chi connectivity index (χ4n) is 2.33. The minimum atomic E-state index is -0.146. The van der Waals surface area contributed by atoms with Crippen LogP contribution in [0.5, 0.6) is 0 Å². The molecule has 1 heterocycles. The Bertz CT molecular complexity index is 782. The molecule has 3 nitrogen and oxygen atoms in total. The molecule has 0 aliphatic heterocycles. The number of rotatable bonds is 3. The van der Waals surface area contributed by atoms with Gasteiger partial charge >= 0.3 is 0 Å². The maximum Gasteiger partial charge on any atom is 0.270 e. The SMILES string of the molecule is Cc1cc(C(=O)NCc2ccccc2)nc2ccccc12. The summed E-state index contributed by atoms with van der Waals surface area (Å²) in [7, 11) is 0. The highest BCUT2D eigenvalue weighted by Gasteiger charge is 2.09. The highest BCUT2D eigenvalue weighted by atomic mass is 16.1. The number of fused-ring (bicyclic) bond motifs is 1. The first-order valence-corrected chi connectivity index (χ1v) is 6.92. The summed E-state index contributed by atoms with van der Waals surface area (Å²) in [6.45, 7) is 2.51. The molecular weight excluding hydrogens is 260 g/mol. The molecule has 0 atom stereocenters. The molecule has 3 aromatic rings. The quantitative estimate of drug-likeness (QED) is 0.796. The summed E-state index contributed by atoms with van der Waals surface area (Å²) in [4.78, 5) is 16.7. The van der Waals surface area contributed by atoms with E-state index in [1.807, 2.05) is 67.6 Å². The topological polar surface area (TPSA) is 42.0 Å². The van der Waals surface area contributed by atoms with Crippen LogP contribution >= 0.6 is 0 Å². The van der Waals surface area contributed by atoms with Gasteiger partial charge in [0.15, 0.2) is 0 Å².